The lowest BCUT2D eigenvalue weighted by Gasteiger charge is -2.40. The van der Waals surface area contributed by atoms with Gasteiger partial charge in [0.05, 0.1) is 19.9 Å². The lowest BCUT2D eigenvalue weighted by atomic mass is 9.79. The van der Waals surface area contributed by atoms with E-state index in [2.05, 4.69) is 35.6 Å². The van der Waals surface area contributed by atoms with E-state index in [9.17, 15) is 9.59 Å². The fourth-order valence-electron chi connectivity index (χ4n) is 3.62. The summed E-state index contributed by atoms with van der Waals surface area (Å²) in [6.45, 7) is 2.94. The zero-order chi connectivity index (χ0) is 18.6. The van der Waals surface area contributed by atoms with E-state index < -0.39 is 0 Å². The van der Waals surface area contributed by atoms with Gasteiger partial charge in [0.1, 0.15) is 12.2 Å². The second-order valence-corrected chi connectivity index (χ2v) is 6.86. The van der Waals surface area contributed by atoms with Crippen LogP contribution in [-0.2, 0) is 27.4 Å². The summed E-state index contributed by atoms with van der Waals surface area (Å²) in [5, 5.41) is 14.2. The zero-order valence-corrected chi connectivity index (χ0v) is 15.2. The van der Waals surface area contributed by atoms with Crippen molar-refractivity contribution in [1.82, 2.24) is 30.5 Å². The Labute approximate surface area is 152 Å². The van der Waals surface area contributed by atoms with Crippen LogP contribution in [-0.4, -0.2) is 71.5 Å². The Balaban J connectivity index is 1.56. The molecule has 1 aromatic heterocycles. The molecule has 2 N–H and O–H groups in total. The maximum atomic E-state index is 11.6. The van der Waals surface area contributed by atoms with E-state index >= 15 is 0 Å². The monoisotopic (exact) mass is 363 g/mol. The van der Waals surface area contributed by atoms with Crippen LogP contribution < -0.4 is 10.6 Å². The minimum Gasteiger partial charge on any atom is -0.468 e. The van der Waals surface area contributed by atoms with E-state index in [0.717, 1.165) is 38.4 Å². The summed E-state index contributed by atoms with van der Waals surface area (Å²) in [5.41, 5.74) is 0.718. The maximum absolute atomic E-state index is 11.6. The van der Waals surface area contributed by atoms with Gasteiger partial charge in [-0.3, -0.25) is 14.6 Å². The Bertz CT molecular complexity index is 702. The first-order chi connectivity index (χ1) is 12.5. The van der Waals surface area contributed by atoms with Crippen LogP contribution in [0.1, 0.15) is 25.0 Å². The number of nitrogens with zero attached hydrogens (tertiary/aromatic N) is 5. The van der Waals surface area contributed by atoms with Crippen LogP contribution in [0.3, 0.4) is 0 Å². The van der Waals surface area contributed by atoms with Crippen LogP contribution in [0.2, 0.25) is 0 Å². The van der Waals surface area contributed by atoms with Crippen molar-refractivity contribution in [3.8, 4) is 0 Å². The number of esters is 1. The average molecular weight is 363 g/mol. The number of piperidine rings is 1. The summed E-state index contributed by atoms with van der Waals surface area (Å²) in [5.74, 6) is 0.548. The molecule has 1 aromatic rings. The number of carbonyl (C=O) groups is 2. The van der Waals surface area contributed by atoms with Crippen molar-refractivity contribution >= 4 is 17.8 Å². The summed E-state index contributed by atoms with van der Waals surface area (Å²) < 4.78 is 6.06. The van der Waals surface area contributed by atoms with Gasteiger partial charge in [0.2, 0.25) is 5.91 Å². The topological polar surface area (TPSA) is 114 Å². The van der Waals surface area contributed by atoms with Gasteiger partial charge < -0.3 is 20.3 Å². The van der Waals surface area contributed by atoms with Crippen molar-refractivity contribution in [3.63, 3.8) is 0 Å². The molecule has 142 valence electrons. The molecule has 2 aliphatic heterocycles. The van der Waals surface area contributed by atoms with E-state index in [4.69, 9.17) is 0 Å². The fourth-order valence-corrected chi connectivity index (χ4v) is 3.62. The minimum absolute atomic E-state index is 0.0105. The first kappa shape index (κ1) is 18.2. The third-order valence-electron chi connectivity index (χ3n) is 4.90. The van der Waals surface area contributed by atoms with Gasteiger partial charge >= 0.3 is 5.97 Å². The largest absolute Gasteiger partial charge is 0.468 e. The van der Waals surface area contributed by atoms with Crippen molar-refractivity contribution in [2.75, 3.05) is 33.8 Å². The maximum Gasteiger partial charge on any atom is 0.327 e. The molecule has 3 rings (SSSR count). The quantitative estimate of drug-likeness (QED) is 0.406. The molecule has 0 saturated carbocycles. The van der Waals surface area contributed by atoms with Crippen LogP contribution >= 0.6 is 0 Å². The molecule has 0 aliphatic carbocycles. The molecule has 0 bridgehead atoms. The highest BCUT2D eigenvalue weighted by molar-refractivity contribution is 5.81. The molecule has 1 spiro atoms. The lowest BCUT2D eigenvalue weighted by Crippen LogP contribution is -2.51. The van der Waals surface area contributed by atoms with E-state index in [1.54, 1.807) is 13.2 Å². The standard InChI is InChI=1S/C16H25N7O3/c1-17-15(18-7-12-8-23(21-20-12)9-14(25)26-2)22-5-3-4-16(11-22)6-13(24)19-10-16/h8H,3-7,9-11H2,1-2H3,(H,17,18)(H,19,24). The Morgan fingerprint density at radius 2 is 2.38 bits per heavy atom. The van der Waals surface area contributed by atoms with Crippen LogP contribution in [0.5, 0.6) is 0 Å². The molecule has 2 aliphatic rings. The third-order valence-corrected chi connectivity index (χ3v) is 4.90. The summed E-state index contributed by atoms with van der Waals surface area (Å²) >= 11 is 0. The molecule has 26 heavy (non-hydrogen) atoms. The number of ether oxygens (including phenoxy) is 1. The normalized spacial score (nSPS) is 23.2. The number of hydrogen-bond donors (Lipinski definition) is 2. The number of carbonyl (C=O) groups excluding carboxylic acids is 2. The SMILES string of the molecule is CN=C(NCc1cn(CC(=O)OC)nn1)N1CCCC2(CNC(=O)C2)C1. The number of rotatable bonds is 4. The molecule has 10 nitrogen and oxygen atoms in total. The second kappa shape index (κ2) is 7.71. The number of amides is 1. The number of methoxy groups -OCH3 is 1. The number of nitrogens with one attached hydrogen (secondary N) is 2. The molecule has 0 aromatic carbocycles. The Hall–Kier alpha value is -2.65. The van der Waals surface area contributed by atoms with Gasteiger partial charge in [-0.1, -0.05) is 5.21 Å². The Kier molecular flexibility index (Phi) is 5.38. The van der Waals surface area contributed by atoms with Crippen molar-refractivity contribution in [2.45, 2.75) is 32.4 Å². The summed E-state index contributed by atoms with van der Waals surface area (Å²) in [6, 6.07) is 0. The van der Waals surface area contributed by atoms with Gasteiger partial charge in [0.25, 0.3) is 0 Å². The van der Waals surface area contributed by atoms with E-state index in [0.29, 0.717) is 18.7 Å². The number of aliphatic imine (C=N–C) groups is 1. The summed E-state index contributed by atoms with van der Waals surface area (Å²) in [7, 11) is 3.08. The van der Waals surface area contributed by atoms with Gasteiger partial charge in [0.15, 0.2) is 5.96 Å². The van der Waals surface area contributed by atoms with E-state index in [1.807, 2.05) is 0 Å². The second-order valence-electron chi connectivity index (χ2n) is 6.86. The highest BCUT2D eigenvalue weighted by Crippen LogP contribution is 2.35. The minimum atomic E-state index is -0.372. The average Bonchev–Trinajstić information content (AvgIpc) is 3.22. The molecule has 2 saturated heterocycles. The van der Waals surface area contributed by atoms with E-state index in [1.165, 1.54) is 11.8 Å². The Morgan fingerprint density at radius 3 is 3.08 bits per heavy atom. The van der Waals surface area contributed by atoms with Gasteiger partial charge in [-0.15, -0.1) is 5.10 Å². The molecular weight excluding hydrogens is 338 g/mol. The van der Waals surface area contributed by atoms with Crippen LogP contribution in [0.25, 0.3) is 0 Å². The summed E-state index contributed by atoms with van der Waals surface area (Å²) in [4.78, 5) is 29.5. The van der Waals surface area contributed by atoms with Gasteiger partial charge in [-0.05, 0) is 12.8 Å². The molecular formula is C16H25N7O3. The number of likely N-dealkylation sites (tertiary alicyclic amines) is 1. The number of guanidine groups is 1. The van der Waals surface area contributed by atoms with Gasteiger partial charge in [0, 0.05) is 38.5 Å². The highest BCUT2D eigenvalue weighted by atomic mass is 16.5. The number of aromatic nitrogens is 3. The molecule has 1 unspecified atom stereocenters. The Morgan fingerprint density at radius 1 is 1.54 bits per heavy atom. The number of hydrogen-bond acceptors (Lipinski definition) is 6. The summed E-state index contributed by atoms with van der Waals surface area (Å²) in [6.07, 6.45) is 4.38. The fraction of sp³-hybridized carbons (Fsp3) is 0.688. The predicted molar refractivity (Wildman–Crippen MR) is 93.1 cm³/mol. The van der Waals surface area contributed by atoms with Crippen LogP contribution in [0, 0.1) is 5.41 Å². The predicted octanol–water partition coefficient (Wildman–Crippen LogP) is -0.871. The molecule has 3 heterocycles. The molecule has 1 atom stereocenters. The molecule has 10 heteroatoms. The first-order valence-electron chi connectivity index (χ1n) is 8.72. The first-order valence-corrected chi connectivity index (χ1v) is 8.72. The van der Waals surface area contributed by atoms with Crippen LogP contribution in [0.4, 0.5) is 0 Å². The molecule has 2 fully saturated rings. The van der Waals surface area contributed by atoms with Crippen molar-refractivity contribution < 1.29 is 14.3 Å². The van der Waals surface area contributed by atoms with Gasteiger partial charge in [-0.2, -0.15) is 0 Å². The van der Waals surface area contributed by atoms with Crippen LogP contribution in [0.15, 0.2) is 11.2 Å². The lowest BCUT2D eigenvalue weighted by molar-refractivity contribution is -0.141. The molecule has 0 radical (unpaired) electrons. The smallest absolute Gasteiger partial charge is 0.327 e. The van der Waals surface area contributed by atoms with Gasteiger partial charge in [-0.25, -0.2) is 4.68 Å². The van der Waals surface area contributed by atoms with Crippen molar-refractivity contribution in [2.24, 2.45) is 10.4 Å². The van der Waals surface area contributed by atoms with Crippen molar-refractivity contribution in [3.05, 3.63) is 11.9 Å². The third kappa shape index (κ3) is 4.12. The van der Waals surface area contributed by atoms with Crippen molar-refractivity contribution in [1.29, 1.82) is 0 Å². The zero-order valence-electron chi connectivity index (χ0n) is 15.2. The highest BCUT2D eigenvalue weighted by Gasteiger charge is 2.42. The van der Waals surface area contributed by atoms with E-state index in [-0.39, 0.29) is 23.8 Å². The molecule has 1 amide bonds.